The van der Waals surface area contributed by atoms with Crippen LogP contribution in [0.5, 0.6) is 5.75 Å². The van der Waals surface area contributed by atoms with E-state index in [4.69, 9.17) is 4.74 Å². The SMILES string of the molecule is CC1(C)Oc2ccc(NC(=O)C3CCC3)cc2NC1=O. The van der Waals surface area contributed by atoms with Crippen molar-refractivity contribution in [1.82, 2.24) is 0 Å². The lowest BCUT2D eigenvalue weighted by atomic mass is 9.85. The molecule has 0 saturated heterocycles. The van der Waals surface area contributed by atoms with Gasteiger partial charge in [0, 0.05) is 11.6 Å². The lowest BCUT2D eigenvalue weighted by molar-refractivity contribution is -0.129. The van der Waals surface area contributed by atoms with Gasteiger partial charge < -0.3 is 15.4 Å². The van der Waals surface area contributed by atoms with Crippen molar-refractivity contribution < 1.29 is 14.3 Å². The van der Waals surface area contributed by atoms with Gasteiger partial charge in [0.15, 0.2) is 5.60 Å². The number of ether oxygens (including phenoxy) is 1. The molecule has 0 bridgehead atoms. The van der Waals surface area contributed by atoms with Gasteiger partial charge in [0.2, 0.25) is 5.91 Å². The molecule has 1 saturated carbocycles. The highest BCUT2D eigenvalue weighted by Crippen LogP contribution is 2.36. The molecule has 0 unspecified atom stereocenters. The molecule has 2 aliphatic rings. The summed E-state index contributed by atoms with van der Waals surface area (Å²) < 4.78 is 5.65. The second-order valence-corrected chi connectivity index (χ2v) is 5.89. The Morgan fingerprint density at radius 3 is 2.80 bits per heavy atom. The van der Waals surface area contributed by atoms with E-state index in [0.29, 0.717) is 17.1 Å². The average Bonchev–Trinajstić information content (AvgIpc) is 2.28. The fraction of sp³-hybridized carbons (Fsp3) is 0.467. The van der Waals surface area contributed by atoms with Crippen LogP contribution in [-0.4, -0.2) is 17.4 Å². The first-order valence-corrected chi connectivity index (χ1v) is 6.91. The van der Waals surface area contributed by atoms with Gasteiger partial charge in [-0.05, 0) is 44.9 Å². The number of rotatable bonds is 2. The van der Waals surface area contributed by atoms with Crippen LogP contribution in [-0.2, 0) is 9.59 Å². The van der Waals surface area contributed by atoms with Crippen molar-refractivity contribution in [2.45, 2.75) is 38.7 Å². The summed E-state index contributed by atoms with van der Waals surface area (Å²) in [6.45, 7) is 3.44. The molecule has 3 rings (SSSR count). The summed E-state index contributed by atoms with van der Waals surface area (Å²) in [6, 6.07) is 5.30. The fourth-order valence-corrected chi connectivity index (χ4v) is 2.30. The van der Waals surface area contributed by atoms with Crippen LogP contribution in [0.15, 0.2) is 18.2 Å². The standard InChI is InChI=1S/C15H18N2O3/c1-15(2)14(19)17-11-8-10(6-7-12(11)20-15)16-13(18)9-4-3-5-9/h6-9H,3-5H2,1-2H3,(H,16,18)(H,17,19). The number of hydrogen-bond acceptors (Lipinski definition) is 3. The Labute approximate surface area is 117 Å². The molecule has 106 valence electrons. The third kappa shape index (κ3) is 2.24. The molecule has 1 aliphatic heterocycles. The van der Waals surface area contributed by atoms with E-state index >= 15 is 0 Å². The minimum atomic E-state index is -0.871. The van der Waals surface area contributed by atoms with Crippen LogP contribution in [0.25, 0.3) is 0 Å². The number of amides is 2. The summed E-state index contributed by atoms with van der Waals surface area (Å²) in [5, 5.41) is 5.69. The van der Waals surface area contributed by atoms with Gasteiger partial charge in [-0.3, -0.25) is 9.59 Å². The van der Waals surface area contributed by atoms with Gasteiger partial charge in [-0.15, -0.1) is 0 Å². The highest BCUT2D eigenvalue weighted by Gasteiger charge is 2.35. The maximum absolute atomic E-state index is 11.9. The quantitative estimate of drug-likeness (QED) is 0.870. The van der Waals surface area contributed by atoms with E-state index < -0.39 is 5.60 Å². The van der Waals surface area contributed by atoms with E-state index in [2.05, 4.69) is 10.6 Å². The van der Waals surface area contributed by atoms with Gasteiger partial charge in [0.05, 0.1) is 5.69 Å². The van der Waals surface area contributed by atoms with E-state index in [0.717, 1.165) is 19.3 Å². The zero-order valence-electron chi connectivity index (χ0n) is 11.7. The van der Waals surface area contributed by atoms with Crippen molar-refractivity contribution in [3.63, 3.8) is 0 Å². The number of fused-ring (bicyclic) bond motifs is 1. The third-order valence-electron chi connectivity index (χ3n) is 3.88. The summed E-state index contributed by atoms with van der Waals surface area (Å²) in [6.07, 6.45) is 3.05. The second kappa shape index (κ2) is 4.51. The van der Waals surface area contributed by atoms with E-state index in [-0.39, 0.29) is 17.7 Å². The van der Waals surface area contributed by atoms with Crippen molar-refractivity contribution in [3.8, 4) is 5.75 Å². The van der Waals surface area contributed by atoms with Gasteiger partial charge in [-0.25, -0.2) is 0 Å². The number of nitrogens with one attached hydrogen (secondary N) is 2. The maximum Gasteiger partial charge on any atom is 0.268 e. The highest BCUT2D eigenvalue weighted by molar-refractivity contribution is 6.01. The Hall–Kier alpha value is -2.04. The van der Waals surface area contributed by atoms with Crippen LogP contribution in [0.4, 0.5) is 11.4 Å². The Kier molecular flexibility index (Phi) is 2.92. The molecule has 0 atom stereocenters. The molecule has 1 aromatic carbocycles. The van der Waals surface area contributed by atoms with Crippen LogP contribution in [0, 0.1) is 5.92 Å². The number of anilines is 2. The van der Waals surface area contributed by atoms with Gasteiger partial charge in [-0.2, -0.15) is 0 Å². The summed E-state index contributed by atoms with van der Waals surface area (Å²) in [4.78, 5) is 23.8. The van der Waals surface area contributed by atoms with Crippen LogP contribution in [0.3, 0.4) is 0 Å². The highest BCUT2D eigenvalue weighted by atomic mass is 16.5. The molecular formula is C15H18N2O3. The molecule has 5 nitrogen and oxygen atoms in total. The Balaban J connectivity index is 1.78. The first-order chi connectivity index (χ1) is 9.45. The second-order valence-electron chi connectivity index (χ2n) is 5.89. The Morgan fingerprint density at radius 1 is 1.40 bits per heavy atom. The van der Waals surface area contributed by atoms with E-state index in [1.807, 2.05) is 0 Å². The van der Waals surface area contributed by atoms with Crippen molar-refractivity contribution in [3.05, 3.63) is 18.2 Å². The van der Waals surface area contributed by atoms with Crippen molar-refractivity contribution in [2.24, 2.45) is 5.92 Å². The Morgan fingerprint density at radius 2 is 2.15 bits per heavy atom. The normalized spacial score (nSPS) is 20.2. The Bertz CT molecular complexity index is 576. The minimum Gasteiger partial charge on any atom is -0.476 e. The van der Waals surface area contributed by atoms with E-state index in [9.17, 15) is 9.59 Å². The maximum atomic E-state index is 11.9. The lowest BCUT2D eigenvalue weighted by Gasteiger charge is -2.32. The van der Waals surface area contributed by atoms with Gasteiger partial charge >= 0.3 is 0 Å². The van der Waals surface area contributed by atoms with Crippen molar-refractivity contribution in [1.29, 1.82) is 0 Å². The smallest absolute Gasteiger partial charge is 0.268 e. The van der Waals surface area contributed by atoms with Crippen LogP contribution >= 0.6 is 0 Å². The largest absolute Gasteiger partial charge is 0.476 e. The molecule has 1 aromatic rings. The molecule has 1 heterocycles. The predicted molar refractivity (Wildman–Crippen MR) is 75.7 cm³/mol. The topological polar surface area (TPSA) is 67.4 Å². The van der Waals surface area contributed by atoms with Crippen LogP contribution < -0.4 is 15.4 Å². The molecule has 2 amide bonds. The summed E-state index contributed by atoms with van der Waals surface area (Å²) in [7, 11) is 0. The van der Waals surface area contributed by atoms with Gasteiger partial charge in [0.1, 0.15) is 5.75 Å². The monoisotopic (exact) mass is 274 g/mol. The number of carbonyl (C=O) groups is 2. The average molecular weight is 274 g/mol. The zero-order valence-corrected chi connectivity index (χ0v) is 11.7. The van der Waals surface area contributed by atoms with Crippen LogP contribution in [0.1, 0.15) is 33.1 Å². The van der Waals surface area contributed by atoms with E-state index in [1.165, 1.54) is 0 Å². The fourth-order valence-electron chi connectivity index (χ4n) is 2.30. The van der Waals surface area contributed by atoms with Crippen molar-refractivity contribution >= 4 is 23.2 Å². The molecule has 0 spiro atoms. The number of carbonyl (C=O) groups excluding carboxylic acids is 2. The molecule has 2 N–H and O–H groups in total. The van der Waals surface area contributed by atoms with Gasteiger partial charge in [-0.1, -0.05) is 6.42 Å². The summed E-state index contributed by atoms with van der Waals surface area (Å²) in [5.41, 5.74) is 0.411. The molecular weight excluding hydrogens is 256 g/mol. The molecule has 20 heavy (non-hydrogen) atoms. The minimum absolute atomic E-state index is 0.0552. The lowest BCUT2D eigenvalue weighted by Crippen LogP contribution is -2.45. The first-order valence-electron chi connectivity index (χ1n) is 6.91. The predicted octanol–water partition coefficient (Wildman–Crippen LogP) is 2.53. The van der Waals surface area contributed by atoms with Crippen molar-refractivity contribution in [2.75, 3.05) is 10.6 Å². The molecule has 0 radical (unpaired) electrons. The molecule has 0 aromatic heterocycles. The number of benzene rings is 1. The molecule has 1 aliphatic carbocycles. The molecule has 5 heteroatoms. The number of hydrogen-bond donors (Lipinski definition) is 2. The zero-order chi connectivity index (χ0) is 14.3. The van der Waals surface area contributed by atoms with Gasteiger partial charge in [0.25, 0.3) is 5.91 Å². The first kappa shape index (κ1) is 13.0. The summed E-state index contributed by atoms with van der Waals surface area (Å²) >= 11 is 0. The third-order valence-corrected chi connectivity index (χ3v) is 3.88. The summed E-state index contributed by atoms with van der Waals surface area (Å²) in [5.74, 6) is 0.624. The van der Waals surface area contributed by atoms with Crippen LogP contribution in [0.2, 0.25) is 0 Å². The van der Waals surface area contributed by atoms with E-state index in [1.54, 1.807) is 32.0 Å². The molecule has 1 fully saturated rings.